The third kappa shape index (κ3) is 6.47. The van der Waals surface area contributed by atoms with E-state index in [4.69, 9.17) is 14.5 Å². The molecule has 2 fully saturated rings. The lowest BCUT2D eigenvalue weighted by atomic mass is 10.2. The van der Waals surface area contributed by atoms with Crippen molar-refractivity contribution in [3.8, 4) is 0 Å². The average Bonchev–Trinajstić information content (AvgIpc) is 3.23. The summed E-state index contributed by atoms with van der Waals surface area (Å²) in [5.74, 6) is 1.45. The molecule has 0 amide bonds. The van der Waals surface area contributed by atoms with Gasteiger partial charge in [-0.15, -0.1) is 0 Å². The van der Waals surface area contributed by atoms with Crippen molar-refractivity contribution in [2.24, 2.45) is 10.9 Å². The lowest BCUT2D eigenvalue weighted by Crippen LogP contribution is -2.46. The Labute approximate surface area is 169 Å². The standard InChI is InChI=1S/C22H36N4O2/c1-3-23-22(26-10-9-21(16-26)25-11-13-27-14-12-25)24-15-19(2)17-28-18-20-7-5-4-6-8-20/h4-8,19,21H,3,9-18H2,1-2H3,(H,23,24). The van der Waals surface area contributed by atoms with Crippen LogP contribution in [0.1, 0.15) is 25.8 Å². The van der Waals surface area contributed by atoms with Crippen LogP contribution in [0.25, 0.3) is 0 Å². The van der Waals surface area contributed by atoms with Gasteiger partial charge in [0.25, 0.3) is 0 Å². The Morgan fingerprint density at radius 3 is 2.79 bits per heavy atom. The number of morpholine rings is 1. The zero-order valence-electron chi connectivity index (χ0n) is 17.5. The van der Waals surface area contributed by atoms with Gasteiger partial charge < -0.3 is 19.7 Å². The number of benzene rings is 1. The van der Waals surface area contributed by atoms with Gasteiger partial charge in [-0.05, 0) is 24.8 Å². The van der Waals surface area contributed by atoms with Crippen LogP contribution in [0.4, 0.5) is 0 Å². The van der Waals surface area contributed by atoms with E-state index in [1.165, 1.54) is 12.0 Å². The van der Waals surface area contributed by atoms with E-state index < -0.39 is 0 Å². The third-order valence-electron chi connectivity index (χ3n) is 5.43. The third-order valence-corrected chi connectivity index (χ3v) is 5.43. The second kappa shape index (κ2) is 11.4. The van der Waals surface area contributed by atoms with Crippen molar-refractivity contribution in [2.75, 3.05) is 59.1 Å². The molecule has 1 N–H and O–H groups in total. The largest absolute Gasteiger partial charge is 0.379 e. The van der Waals surface area contributed by atoms with E-state index in [1.807, 2.05) is 6.07 Å². The second-order valence-electron chi connectivity index (χ2n) is 7.84. The summed E-state index contributed by atoms with van der Waals surface area (Å²) < 4.78 is 11.4. The highest BCUT2D eigenvalue weighted by molar-refractivity contribution is 5.80. The van der Waals surface area contributed by atoms with Gasteiger partial charge in [-0.3, -0.25) is 9.89 Å². The number of ether oxygens (including phenoxy) is 2. The Morgan fingerprint density at radius 1 is 1.25 bits per heavy atom. The highest BCUT2D eigenvalue weighted by atomic mass is 16.5. The highest BCUT2D eigenvalue weighted by Crippen LogP contribution is 2.17. The molecular formula is C22H36N4O2. The van der Waals surface area contributed by atoms with Crippen LogP contribution in [0.15, 0.2) is 35.3 Å². The summed E-state index contributed by atoms with van der Waals surface area (Å²) in [6, 6.07) is 11.0. The van der Waals surface area contributed by atoms with E-state index >= 15 is 0 Å². The van der Waals surface area contributed by atoms with Crippen molar-refractivity contribution >= 4 is 5.96 Å². The first-order valence-electron chi connectivity index (χ1n) is 10.7. The summed E-state index contributed by atoms with van der Waals surface area (Å²) in [5, 5.41) is 3.48. The fraction of sp³-hybridized carbons (Fsp3) is 0.682. The van der Waals surface area contributed by atoms with Crippen LogP contribution in [-0.4, -0.2) is 80.9 Å². The number of guanidine groups is 1. The number of aliphatic imine (C=N–C) groups is 1. The number of rotatable bonds is 8. The van der Waals surface area contributed by atoms with Crippen molar-refractivity contribution in [3.05, 3.63) is 35.9 Å². The Bertz CT molecular complexity index is 589. The summed E-state index contributed by atoms with van der Waals surface area (Å²) in [5.41, 5.74) is 1.22. The Morgan fingerprint density at radius 2 is 2.04 bits per heavy atom. The molecule has 6 heteroatoms. The van der Waals surface area contributed by atoms with Crippen LogP contribution in [0.3, 0.4) is 0 Å². The zero-order chi connectivity index (χ0) is 19.6. The summed E-state index contributed by atoms with van der Waals surface area (Å²) in [6.07, 6.45) is 1.21. The molecule has 2 unspecified atom stereocenters. The molecule has 0 aromatic heterocycles. The van der Waals surface area contributed by atoms with Gasteiger partial charge in [0.05, 0.1) is 26.4 Å². The molecule has 1 aromatic carbocycles. The molecule has 28 heavy (non-hydrogen) atoms. The first-order valence-corrected chi connectivity index (χ1v) is 10.7. The monoisotopic (exact) mass is 388 g/mol. The summed E-state index contributed by atoms with van der Waals surface area (Å²) in [4.78, 5) is 9.90. The molecule has 0 radical (unpaired) electrons. The molecule has 1 aromatic rings. The predicted octanol–water partition coefficient (Wildman–Crippen LogP) is 2.21. The maximum atomic E-state index is 5.87. The van der Waals surface area contributed by atoms with Crippen LogP contribution in [0, 0.1) is 5.92 Å². The molecule has 2 atom stereocenters. The first kappa shape index (κ1) is 21.1. The number of hydrogen-bond acceptors (Lipinski definition) is 4. The fourth-order valence-electron chi connectivity index (χ4n) is 3.85. The molecule has 2 saturated heterocycles. The van der Waals surface area contributed by atoms with E-state index in [-0.39, 0.29) is 0 Å². The maximum Gasteiger partial charge on any atom is 0.193 e. The second-order valence-corrected chi connectivity index (χ2v) is 7.84. The van der Waals surface area contributed by atoms with Crippen LogP contribution in [0.2, 0.25) is 0 Å². The number of hydrogen-bond donors (Lipinski definition) is 1. The number of likely N-dealkylation sites (tertiary alicyclic amines) is 1. The van der Waals surface area contributed by atoms with E-state index in [1.54, 1.807) is 0 Å². The van der Waals surface area contributed by atoms with Gasteiger partial charge in [0.1, 0.15) is 0 Å². The summed E-state index contributed by atoms with van der Waals surface area (Å²) >= 11 is 0. The van der Waals surface area contributed by atoms with Crippen LogP contribution in [0.5, 0.6) is 0 Å². The molecule has 6 nitrogen and oxygen atoms in total. The van der Waals surface area contributed by atoms with Gasteiger partial charge in [0.2, 0.25) is 0 Å². The van der Waals surface area contributed by atoms with Gasteiger partial charge in [-0.2, -0.15) is 0 Å². The molecule has 0 spiro atoms. The van der Waals surface area contributed by atoms with Crippen molar-refractivity contribution in [1.82, 2.24) is 15.1 Å². The average molecular weight is 389 g/mol. The lowest BCUT2D eigenvalue weighted by molar-refractivity contribution is 0.0195. The highest BCUT2D eigenvalue weighted by Gasteiger charge is 2.30. The van der Waals surface area contributed by atoms with Gasteiger partial charge >= 0.3 is 0 Å². The minimum Gasteiger partial charge on any atom is -0.379 e. The molecule has 2 aliphatic heterocycles. The van der Waals surface area contributed by atoms with Gasteiger partial charge in [0, 0.05) is 45.3 Å². The topological polar surface area (TPSA) is 49.3 Å². The van der Waals surface area contributed by atoms with Gasteiger partial charge in [-0.1, -0.05) is 37.3 Å². The Hall–Kier alpha value is -1.63. The van der Waals surface area contributed by atoms with Crippen LogP contribution in [-0.2, 0) is 16.1 Å². The van der Waals surface area contributed by atoms with E-state index in [2.05, 4.69) is 53.2 Å². The quantitative estimate of drug-likeness (QED) is 0.547. The molecule has 2 heterocycles. The zero-order valence-corrected chi connectivity index (χ0v) is 17.5. The maximum absolute atomic E-state index is 5.87. The fourth-order valence-corrected chi connectivity index (χ4v) is 3.85. The van der Waals surface area contributed by atoms with Crippen molar-refractivity contribution < 1.29 is 9.47 Å². The first-order chi connectivity index (χ1) is 13.8. The molecule has 0 saturated carbocycles. The molecule has 156 valence electrons. The molecular weight excluding hydrogens is 352 g/mol. The Balaban J connectivity index is 1.44. The smallest absolute Gasteiger partial charge is 0.193 e. The normalized spacial score (nSPS) is 22.4. The van der Waals surface area contributed by atoms with E-state index in [9.17, 15) is 0 Å². The molecule has 2 aliphatic rings. The van der Waals surface area contributed by atoms with Crippen molar-refractivity contribution in [3.63, 3.8) is 0 Å². The molecule has 0 bridgehead atoms. The molecule has 3 rings (SSSR count). The van der Waals surface area contributed by atoms with Crippen molar-refractivity contribution in [1.29, 1.82) is 0 Å². The van der Waals surface area contributed by atoms with Crippen molar-refractivity contribution in [2.45, 2.75) is 32.9 Å². The summed E-state index contributed by atoms with van der Waals surface area (Å²) in [6.45, 7) is 13.4. The summed E-state index contributed by atoms with van der Waals surface area (Å²) in [7, 11) is 0. The lowest BCUT2D eigenvalue weighted by Gasteiger charge is -2.32. The Kier molecular flexibility index (Phi) is 8.58. The minimum atomic E-state index is 0.398. The van der Waals surface area contributed by atoms with E-state index in [0.717, 1.165) is 65.0 Å². The minimum absolute atomic E-state index is 0.398. The van der Waals surface area contributed by atoms with Gasteiger partial charge in [0.15, 0.2) is 5.96 Å². The number of nitrogens with one attached hydrogen (secondary N) is 1. The molecule has 0 aliphatic carbocycles. The van der Waals surface area contributed by atoms with E-state index in [0.29, 0.717) is 18.6 Å². The SMILES string of the molecule is CCNC(=NCC(C)COCc1ccccc1)N1CCC(N2CCOCC2)C1. The van der Waals surface area contributed by atoms with Crippen LogP contribution < -0.4 is 5.32 Å². The number of nitrogens with zero attached hydrogens (tertiary/aromatic N) is 3. The van der Waals surface area contributed by atoms with Gasteiger partial charge in [-0.25, -0.2) is 0 Å². The predicted molar refractivity (Wildman–Crippen MR) is 114 cm³/mol. The van der Waals surface area contributed by atoms with Crippen LogP contribution >= 0.6 is 0 Å².